The first-order chi connectivity index (χ1) is 53.3. The number of hydrogen-bond donors (Lipinski definition) is 6. The first-order valence-electron chi connectivity index (χ1n) is 37.9. The fraction of sp³-hybridized carbons (Fsp3) is 0.569. The van der Waals surface area contributed by atoms with E-state index >= 15 is 0 Å². The maximum Gasteiger partial charge on any atom is 0.341 e. The normalized spacial score (nSPS) is 24.8. The van der Waals surface area contributed by atoms with Crippen LogP contribution in [0.1, 0.15) is 207 Å². The number of aromatic carboxylic acids is 1. The molecule has 12 heterocycles. The Morgan fingerprint density at radius 3 is 1.14 bits per heavy atom. The molecule has 3 saturated heterocycles. The number of carboxylic acids is 1. The van der Waals surface area contributed by atoms with Crippen LogP contribution in [-0.2, 0) is 19.0 Å². The van der Waals surface area contributed by atoms with Crippen molar-refractivity contribution in [3.63, 3.8) is 0 Å². The minimum absolute atomic E-state index is 0.00227. The Balaban J connectivity index is 0.000000152. The van der Waals surface area contributed by atoms with Gasteiger partial charge in [-0.05, 0) is 149 Å². The highest BCUT2D eigenvalue weighted by Crippen LogP contribution is 2.39. The number of nitrogens with zero attached hydrogens (tertiary/aromatic N) is 18. The molecule has 6 atom stereocenters. The van der Waals surface area contributed by atoms with E-state index in [1.165, 1.54) is 60.1 Å². The number of aliphatic hydroxyl groups is 2. The molecule has 0 aromatic carbocycles. The third-order valence-corrected chi connectivity index (χ3v) is 20.6. The molecular weight excluding hydrogens is 1430 g/mol. The molecule has 590 valence electrons. The van der Waals surface area contributed by atoms with Gasteiger partial charge in [-0.25, -0.2) is 59.6 Å². The lowest BCUT2D eigenvalue weighted by molar-refractivity contribution is -0.112. The second-order valence-corrected chi connectivity index (χ2v) is 29.1. The molecule has 3 aliphatic carbocycles. The number of carboxylic acid groups (broad SMARTS) is 1. The van der Waals surface area contributed by atoms with Crippen LogP contribution in [-0.4, -0.2) is 202 Å². The van der Waals surface area contributed by atoms with Gasteiger partial charge in [0.1, 0.15) is 40.4 Å². The predicted molar refractivity (Wildman–Crippen MR) is 390 cm³/mol. The Labute approximate surface area is 626 Å². The van der Waals surface area contributed by atoms with Gasteiger partial charge in [0.2, 0.25) is 0 Å². The average molecular weight is 1530 g/mol. The van der Waals surface area contributed by atoms with Crippen LogP contribution in [0.5, 0.6) is 0 Å². The number of nitrogens with one attached hydrogen (secondary N) is 2. The van der Waals surface area contributed by atoms with Crippen molar-refractivity contribution < 1.29 is 78.0 Å². The third kappa shape index (κ3) is 18.7. The quantitative estimate of drug-likeness (QED) is 0.0364. The summed E-state index contributed by atoms with van der Waals surface area (Å²) < 4.78 is 116. The number of nitrogen functional groups attached to an aromatic ring is 1. The summed E-state index contributed by atoms with van der Waals surface area (Å²) in [5.41, 5.74) is 5.72. The fourth-order valence-corrected chi connectivity index (χ4v) is 15.2. The topological polar surface area (TPSA) is 360 Å². The molecule has 0 spiro atoms. The molecular formula is C72H95F6N21O10. The van der Waals surface area contributed by atoms with Crippen LogP contribution in [0, 0.1) is 17.8 Å². The predicted octanol–water partition coefficient (Wildman–Crippen LogP) is 10.5. The first kappa shape index (κ1) is 77.3. The molecule has 0 radical (unpaired) electrons. The van der Waals surface area contributed by atoms with Crippen molar-refractivity contribution in [3.8, 4) is 0 Å². The first-order valence-corrected chi connectivity index (χ1v) is 36.9. The summed E-state index contributed by atoms with van der Waals surface area (Å²) in [7, 11) is 0. The molecule has 7 N–H and O–H groups in total. The second kappa shape index (κ2) is 34.8. The largest absolute Gasteiger partial charge is 0.477 e. The van der Waals surface area contributed by atoms with Gasteiger partial charge in [0.15, 0.2) is 34.0 Å². The van der Waals surface area contributed by atoms with Gasteiger partial charge in [-0.15, -0.1) is 0 Å². The van der Waals surface area contributed by atoms with Gasteiger partial charge >= 0.3 is 5.97 Å². The minimum atomic E-state index is -2.85. The Hall–Kier alpha value is -9.85. The van der Waals surface area contributed by atoms with Crippen LogP contribution in [0.15, 0.2) is 74.0 Å². The van der Waals surface area contributed by atoms with Crippen LogP contribution in [0.25, 0.3) is 16.9 Å². The Morgan fingerprint density at radius 2 is 0.826 bits per heavy atom. The van der Waals surface area contributed by atoms with E-state index in [1.807, 2.05) is 59.7 Å². The lowest BCUT2D eigenvalue weighted by atomic mass is 9.87. The number of aldehydes is 1. The van der Waals surface area contributed by atoms with Gasteiger partial charge < -0.3 is 65.4 Å². The van der Waals surface area contributed by atoms with Crippen LogP contribution >= 0.6 is 0 Å². The molecule has 6 aliphatic rings. The zero-order valence-electron chi connectivity index (χ0n) is 63.4. The van der Waals surface area contributed by atoms with Crippen molar-refractivity contribution in [2.24, 2.45) is 17.8 Å². The Morgan fingerprint density at radius 1 is 0.514 bits per heavy atom. The highest BCUT2D eigenvalue weighted by molar-refractivity contribution is 6.09. The molecule has 31 nitrogen and oxygen atoms in total. The van der Waals surface area contributed by atoms with Crippen molar-refractivity contribution in [1.82, 2.24) is 73.1 Å². The lowest BCUT2D eigenvalue weighted by Crippen LogP contribution is -2.45. The Bertz CT molecular complexity index is 4570. The third-order valence-electron chi connectivity index (χ3n) is 20.6. The number of carbonyl (C=O) groups is 4. The summed E-state index contributed by atoms with van der Waals surface area (Å²) >= 11 is 0. The number of aliphatic hydroxyl groups excluding tert-OH is 2. The molecule has 6 fully saturated rings. The van der Waals surface area contributed by atoms with E-state index in [0.717, 1.165) is 76.6 Å². The number of morpholine rings is 3. The number of aromatic nitrogens is 15. The smallest absolute Gasteiger partial charge is 0.341 e. The molecule has 9 aromatic heterocycles. The van der Waals surface area contributed by atoms with Crippen LogP contribution in [0.3, 0.4) is 0 Å². The average Bonchev–Trinajstić information content (AvgIpc) is 1.68. The molecule has 3 aliphatic heterocycles. The van der Waals surface area contributed by atoms with Gasteiger partial charge in [0.05, 0.1) is 90.4 Å². The molecule has 37 heteroatoms. The molecule has 0 unspecified atom stereocenters. The number of hydrogen-bond acceptors (Lipinski definition) is 22. The number of alkyl halides is 6. The zero-order valence-corrected chi connectivity index (χ0v) is 61.4. The number of nitrogens with two attached hydrogens (primary N) is 1. The van der Waals surface area contributed by atoms with Crippen molar-refractivity contribution in [3.05, 3.63) is 108 Å². The van der Waals surface area contributed by atoms with Gasteiger partial charge in [0.25, 0.3) is 31.1 Å². The van der Waals surface area contributed by atoms with E-state index in [-0.39, 0.29) is 119 Å². The van der Waals surface area contributed by atoms with Gasteiger partial charge in [-0.3, -0.25) is 23.6 Å². The van der Waals surface area contributed by atoms with Crippen molar-refractivity contribution in [1.29, 1.82) is 0 Å². The second-order valence-electron chi connectivity index (χ2n) is 29.1. The number of amides is 2. The van der Waals surface area contributed by atoms with Crippen molar-refractivity contribution in [2.45, 2.75) is 193 Å². The van der Waals surface area contributed by atoms with E-state index in [2.05, 4.69) is 70.9 Å². The monoisotopic (exact) mass is 1530 g/mol. The van der Waals surface area contributed by atoms with Crippen molar-refractivity contribution in [2.75, 3.05) is 83.5 Å². The van der Waals surface area contributed by atoms with Crippen molar-refractivity contribution >= 4 is 75.5 Å². The van der Waals surface area contributed by atoms with Gasteiger partial charge in [0, 0.05) is 98.6 Å². The highest BCUT2D eigenvalue weighted by Gasteiger charge is 2.34. The summed E-state index contributed by atoms with van der Waals surface area (Å²) in [4.78, 5) is 68.6. The zero-order chi connectivity index (χ0) is 79.5. The summed E-state index contributed by atoms with van der Waals surface area (Å²) in [5.74, 6) is 0.521. The summed E-state index contributed by atoms with van der Waals surface area (Å²) in [6.45, 7) is 16.5. The number of halogens is 6. The van der Waals surface area contributed by atoms with Gasteiger partial charge in [-0.1, -0.05) is 0 Å². The number of anilines is 6. The van der Waals surface area contributed by atoms with E-state index < -0.39 is 48.4 Å². The van der Waals surface area contributed by atoms with Crippen LogP contribution < -0.4 is 31.1 Å². The maximum atomic E-state index is 13.8. The molecule has 2 amide bonds. The number of ether oxygens (including phenoxy) is 3. The summed E-state index contributed by atoms with van der Waals surface area (Å²) in [6.07, 6.45) is 16.1. The maximum absolute atomic E-state index is 13.8. The van der Waals surface area contributed by atoms with E-state index in [4.69, 9.17) is 33.1 Å². The number of fused-ring (bicyclic) bond motifs is 3. The van der Waals surface area contributed by atoms with Crippen LogP contribution in [0.2, 0.25) is 0 Å². The fourth-order valence-electron chi connectivity index (χ4n) is 15.2. The SMILES string of the molecule is C[C@H]1CN(c2ccn3ncc(C(=O)Nc4cn(C5CCC(C=O)CC5)nc4C(F)F)c3n2)C[C@H](C)O1.C[C@H]1CN(c2ccn3ncc(C(=O)Nc4cn(C5CCC(CO)CC5)nc4C(F)F)c3n2)C[C@H](C)O1.C[C@H]1CN(c2ccn3ncc(C(=O)O)c3n2)C[C@H](C)O1.Nc1cn(C2CCC(CO)CC2)nc1C(F)F.[2H][3H]. The molecule has 3 saturated carbocycles. The van der Waals surface area contributed by atoms with Gasteiger partial charge in [-0.2, -0.15) is 30.6 Å². The van der Waals surface area contributed by atoms with E-state index in [0.29, 0.717) is 86.4 Å². The Kier molecular flexibility index (Phi) is 24.7. The van der Waals surface area contributed by atoms with E-state index in [1.54, 1.807) is 23.3 Å². The van der Waals surface area contributed by atoms with Crippen LogP contribution in [0.4, 0.5) is 60.9 Å². The standard InChI is InChI=1S/C24H31F2N7O3.C24H29F2N7O3.C13H16N4O3.C11H17F2N3O.H2/c2*1-14-10-31(11-15(2)36-14)20-7-8-32-23(29-20)18(9-27-32)24(35)28-19-12-33(30-21(19)22(25)26)17-5-3-16(13-34)4-6-17;1-8-6-16(7-9(2)20-8)11-3-4-17-12(15-11)10(5-14-17)13(18)19;12-11(13)10-9(14)5-16(15-10)8-3-1-7(6-17)2-4-8;/h7-9,12,14-17,22,34H,3-6,10-11,13H2,1-2H3,(H,28,35);7-9,12-17,22H,3-6,10-11H2,1-2H3,(H,28,35);3-5,8-9H,6-7H2,1-2H3,(H,18,19);5,7-8,11,17H,1-4,6,14H2;1H/t2*14-,15-,16?,17?;8-,9-;;/m000../s1/i;;;;1+2D. The summed E-state index contributed by atoms with van der Waals surface area (Å²) in [5, 5.41) is 57.2. The van der Waals surface area contributed by atoms with E-state index in [9.17, 15) is 50.6 Å². The molecule has 15 rings (SSSR count). The molecule has 0 bridgehead atoms. The number of rotatable bonds is 17. The lowest BCUT2D eigenvalue weighted by Gasteiger charge is -2.36. The number of carbonyl (C=O) groups excluding carboxylic acids is 3. The molecule has 109 heavy (non-hydrogen) atoms. The highest BCUT2D eigenvalue weighted by atomic mass is 19.3. The summed E-state index contributed by atoms with van der Waals surface area (Å²) in [6, 6.07) is 5.49. The molecule has 9 aromatic rings. The minimum Gasteiger partial charge on any atom is -0.477 e.